The van der Waals surface area contributed by atoms with Gasteiger partial charge in [0.05, 0.1) is 12.0 Å². The monoisotopic (exact) mass is 257 g/mol. The van der Waals surface area contributed by atoms with Crippen molar-refractivity contribution >= 4 is 11.9 Å². The number of hydrogen-bond acceptors (Lipinski definition) is 3. The summed E-state index contributed by atoms with van der Waals surface area (Å²) >= 11 is 0. The Morgan fingerprint density at radius 3 is 2.72 bits per heavy atom. The molecule has 1 fully saturated rings. The first kappa shape index (κ1) is 15.0. The van der Waals surface area contributed by atoms with Gasteiger partial charge in [0.25, 0.3) is 0 Å². The van der Waals surface area contributed by atoms with E-state index in [1.165, 1.54) is 11.3 Å². The van der Waals surface area contributed by atoms with Crippen molar-refractivity contribution in [3.05, 3.63) is 0 Å². The van der Waals surface area contributed by atoms with Crippen LogP contribution in [0.1, 0.15) is 39.0 Å². The zero-order valence-electron chi connectivity index (χ0n) is 11.2. The van der Waals surface area contributed by atoms with Crippen molar-refractivity contribution in [3.8, 4) is 0 Å². The minimum atomic E-state index is -0.870. The molecule has 1 saturated heterocycles. The molecule has 0 aromatic carbocycles. The number of carbonyl (C=O) groups excluding carboxylic acids is 1. The van der Waals surface area contributed by atoms with Gasteiger partial charge in [-0.1, -0.05) is 6.92 Å². The zero-order chi connectivity index (χ0) is 13.5. The number of rotatable bonds is 6. The fourth-order valence-electron chi connectivity index (χ4n) is 2.10. The summed E-state index contributed by atoms with van der Waals surface area (Å²) in [4.78, 5) is 24.0. The minimum absolute atomic E-state index is 0.00252. The van der Waals surface area contributed by atoms with Crippen LogP contribution in [0.25, 0.3) is 0 Å². The van der Waals surface area contributed by atoms with E-state index in [0.29, 0.717) is 6.42 Å². The Morgan fingerprint density at radius 1 is 1.44 bits per heavy atom. The van der Waals surface area contributed by atoms with Crippen LogP contribution in [0.15, 0.2) is 0 Å². The van der Waals surface area contributed by atoms with E-state index in [2.05, 4.69) is 0 Å². The highest BCUT2D eigenvalue weighted by molar-refractivity contribution is 5.77. The third-order valence-corrected chi connectivity index (χ3v) is 3.35. The number of amides is 1. The van der Waals surface area contributed by atoms with E-state index < -0.39 is 11.9 Å². The summed E-state index contributed by atoms with van der Waals surface area (Å²) in [5.41, 5.74) is 0. The van der Waals surface area contributed by atoms with Gasteiger partial charge >= 0.3 is 5.97 Å². The molecule has 2 unspecified atom stereocenters. The van der Waals surface area contributed by atoms with E-state index in [1.807, 2.05) is 0 Å². The molecule has 1 rings (SSSR count). The Bertz CT molecular complexity index is 287. The van der Waals surface area contributed by atoms with Crippen molar-refractivity contribution in [1.82, 2.24) is 4.90 Å². The maximum absolute atomic E-state index is 11.8. The van der Waals surface area contributed by atoms with E-state index >= 15 is 0 Å². The van der Waals surface area contributed by atoms with Gasteiger partial charge in [-0.05, 0) is 25.7 Å². The number of carbonyl (C=O) groups is 2. The molecular weight excluding hydrogens is 234 g/mol. The van der Waals surface area contributed by atoms with Gasteiger partial charge in [-0.3, -0.25) is 9.59 Å². The van der Waals surface area contributed by atoms with Crippen molar-refractivity contribution in [3.63, 3.8) is 0 Å². The Kier molecular flexibility index (Phi) is 6.12. The molecule has 1 N–H and O–H groups in total. The van der Waals surface area contributed by atoms with Gasteiger partial charge in [-0.15, -0.1) is 0 Å². The molecule has 0 saturated carbocycles. The predicted octanol–water partition coefficient (Wildman–Crippen LogP) is 1.51. The molecule has 1 heterocycles. The molecule has 0 aromatic rings. The number of aliphatic carboxylic acids is 1. The smallest absolute Gasteiger partial charge is 0.308 e. The Hall–Kier alpha value is -1.10. The first-order chi connectivity index (χ1) is 8.50. The van der Waals surface area contributed by atoms with Crippen LogP contribution in [-0.2, 0) is 14.3 Å². The molecule has 0 radical (unpaired) electrons. The number of nitrogens with zero attached hydrogens (tertiary/aromatic N) is 1. The van der Waals surface area contributed by atoms with Crippen LogP contribution in [0, 0.1) is 5.92 Å². The van der Waals surface area contributed by atoms with E-state index in [9.17, 15) is 9.59 Å². The molecule has 1 aliphatic heterocycles. The number of carboxylic acid groups (broad SMARTS) is 1. The average molecular weight is 257 g/mol. The molecule has 0 bridgehead atoms. The van der Waals surface area contributed by atoms with E-state index in [0.717, 1.165) is 25.9 Å². The summed E-state index contributed by atoms with van der Waals surface area (Å²) in [6.07, 6.45) is 4.69. The molecule has 104 valence electrons. The maximum atomic E-state index is 11.8. The van der Waals surface area contributed by atoms with Crippen molar-refractivity contribution in [2.75, 3.05) is 20.2 Å². The topological polar surface area (TPSA) is 66.8 Å². The van der Waals surface area contributed by atoms with Gasteiger partial charge in [0.1, 0.15) is 0 Å². The summed E-state index contributed by atoms with van der Waals surface area (Å²) in [6.45, 7) is 2.67. The highest BCUT2D eigenvalue weighted by Gasteiger charge is 2.19. The van der Waals surface area contributed by atoms with Gasteiger partial charge in [-0.2, -0.15) is 0 Å². The molecule has 5 heteroatoms. The molecule has 2 atom stereocenters. The third kappa shape index (κ3) is 5.04. The fraction of sp³-hybridized carbons (Fsp3) is 0.846. The quantitative estimate of drug-likeness (QED) is 0.783. The second-order valence-corrected chi connectivity index (χ2v) is 5.04. The van der Waals surface area contributed by atoms with Gasteiger partial charge < -0.3 is 14.7 Å². The van der Waals surface area contributed by atoms with E-state index in [4.69, 9.17) is 9.84 Å². The predicted molar refractivity (Wildman–Crippen MR) is 67.3 cm³/mol. The first-order valence-electron chi connectivity index (χ1n) is 6.59. The molecule has 0 aliphatic carbocycles. The average Bonchev–Trinajstić information content (AvgIpc) is 2.36. The molecular formula is C13H23NO4. The Morgan fingerprint density at radius 2 is 2.17 bits per heavy atom. The lowest BCUT2D eigenvalue weighted by Crippen LogP contribution is -2.34. The lowest BCUT2D eigenvalue weighted by atomic mass is 10.0. The van der Waals surface area contributed by atoms with Crippen molar-refractivity contribution in [2.45, 2.75) is 45.1 Å². The zero-order valence-corrected chi connectivity index (χ0v) is 11.2. The summed E-state index contributed by atoms with van der Waals surface area (Å²) in [5.74, 6) is -1.40. The van der Waals surface area contributed by atoms with Crippen LogP contribution in [0.5, 0.6) is 0 Å². The highest BCUT2D eigenvalue weighted by atomic mass is 16.5. The number of ether oxygens (including phenoxy) is 1. The normalized spacial score (nSPS) is 21.3. The van der Waals surface area contributed by atoms with Gasteiger partial charge in [0, 0.05) is 26.6 Å². The standard InChI is InChI=1S/C13H23NO4/c1-10(13(16)17)9-14(2)12(15)7-6-11-5-3-4-8-18-11/h10-11H,3-9H2,1-2H3,(H,16,17). The lowest BCUT2D eigenvalue weighted by molar-refractivity contribution is -0.142. The minimum Gasteiger partial charge on any atom is -0.481 e. The third-order valence-electron chi connectivity index (χ3n) is 3.35. The van der Waals surface area contributed by atoms with Crippen LogP contribution < -0.4 is 0 Å². The first-order valence-corrected chi connectivity index (χ1v) is 6.59. The fourth-order valence-corrected chi connectivity index (χ4v) is 2.10. The summed E-state index contributed by atoms with van der Waals surface area (Å²) < 4.78 is 5.56. The Labute approximate surface area is 108 Å². The highest BCUT2D eigenvalue weighted by Crippen LogP contribution is 2.17. The molecule has 18 heavy (non-hydrogen) atoms. The molecule has 0 aromatic heterocycles. The van der Waals surface area contributed by atoms with E-state index in [-0.39, 0.29) is 18.6 Å². The molecule has 1 amide bonds. The molecule has 0 spiro atoms. The second-order valence-electron chi connectivity index (χ2n) is 5.04. The van der Waals surface area contributed by atoms with Crippen molar-refractivity contribution in [2.24, 2.45) is 5.92 Å². The second kappa shape index (κ2) is 7.36. The van der Waals surface area contributed by atoms with Crippen LogP contribution >= 0.6 is 0 Å². The largest absolute Gasteiger partial charge is 0.481 e. The van der Waals surface area contributed by atoms with Gasteiger partial charge in [-0.25, -0.2) is 0 Å². The van der Waals surface area contributed by atoms with E-state index in [1.54, 1.807) is 14.0 Å². The number of carboxylic acids is 1. The number of hydrogen-bond donors (Lipinski definition) is 1. The van der Waals surface area contributed by atoms with Crippen molar-refractivity contribution < 1.29 is 19.4 Å². The van der Waals surface area contributed by atoms with Gasteiger partial charge in [0.2, 0.25) is 5.91 Å². The molecule has 1 aliphatic rings. The Balaban J connectivity index is 2.24. The van der Waals surface area contributed by atoms with Crippen LogP contribution in [-0.4, -0.2) is 48.2 Å². The lowest BCUT2D eigenvalue weighted by Gasteiger charge is -2.24. The SMILES string of the molecule is CC(CN(C)C(=O)CCC1CCCCO1)C(=O)O. The summed E-state index contributed by atoms with van der Waals surface area (Å²) in [5, 5.41) is 8.79. The van der Waals surface area contributed by atoms with Crippen LogP contribution in [0.2, 0.25) is 0 Å². The van der Waals surface area contributed by atoms with Crippen LogP contribution in [0.3, 0.4) is 0 Å². The van der Waals surface area contributed by atoms with Gasteiger partial charge in [0.15, 0.2) is 0 Å². The molecule has 5 nitrogen and oxygen atoms in total. The van der Waals surface area contributed by atoms with Crippen LogP contribution in [0.4, 0.5) is 0 Å². The summed E-state index contributed by atoms with van der Waals surface area (Å²) in [6, 6.07) is 0. The maximum Gasteiger partial charge on any atom is 0.308 e. The summed E-state index contributed by atoms with van der Waals surface area (Å²) in [7, 11) is 1.66. The van der Waals surface area contributed by atoms with Crippen molar-refractivity contribution in [1.29, 1.82) is 0 Å².